The summed E-state index contributed by atoms with van der Waals surface area (Å²) < 4.78 is 28.0. The van der Waals surface area contributed by atoms with Gasteiger partial charge in [-0.25, -0.2) is 23.1 Å². The zero-order valence-corrected chi connectivity index (χ0v) is 15.8. The van der Waals surface area contributed by atoms with Crippen LogP contribution in [0.5, 0.6) is 0 Å². The lowest BCUT2D eigenvalue weighted by molar-refractivity contribution is 0.566. The normalized spacial score (nSPS) is 15.2. The summed E-state index contributed by atoms with van der Waals surface area (Å²) in [6, 6.07) is 14.6. The molecule has 27 heavy (non-hydrogen) atoms. The van der Waals surface area contributed by atoms with Crippen LogP contribution in [0.3, 0.4) is 0 Å². The molecule has 7 heteroatoms. The van der Waals surface area contributed by atoms with Gasteiger partial charge >= 0.3 is 0 Å². The van der Waals surface area contributed by atoms with Crippen LogP contribution in [0.1, 0.15) is 25.0 Å². The SMILES string of the molecule is O=S(=O)(NCc1ccnc(N2CCCCC2)n1)c1ccc2ccccc2c1. The number of piperidine rings is 1. The van der Waals surface area contributed by atoms with Crippen LogP contribution in [0.2, 0.25) is 0 Å². The second kappa shape index (κ2) is 7.62. The number of anilines is 1. The molecule has 1 aliphatic rings. The molecule has 1 N–H and O–H groups in total. The molecule has 1 fully saturated rings. The third-order valence-corrected chi connectivity index (χ3v) is 6.21. The number of benzene rings is 2. The molecule has 0 spiro atoms. The minimum Gasteiger partial charge on any atom is -0.341 e. The molecule has 1 aliphatic heterocycles. The summed E-state index contributed by atoms with van der Waals surface area (Å²) in [7, 11) is -3.61. The van der Waals surface area contributed by atoms with Gasteiger partial charge in [-0.1, -0.05) is 30.3 Å². The second-order valence-corrected chi connectivity index (χ2v) is 8.50. The first-order chi connectivity index (χ1) is 13.1. The number of aromatic nitrogens is 2. The van der Waals surface area contributed by atoms with Gasteiger partial charge in [0.05, 0.1) is 17.1 Å². The molecule has 6 nitrogen and oxygen atoms in total. The maximum atomic E-state index is 12.7. The zero-order chi connectivity index (χ0) is 18.7. The number of sulfonamides is 1. The van der Waals surface area contributed by atoms with E-state index in [-0.39, 0.29) is 11.4 Å². The first-order valence-electron chi connectivity index (χ1n) is 9.17. The molecule has 4 rings (SSSR count). The van der Waals surface area contributed by atoms with Gasteiger partial charge in [0.2, 0.25) is 16.0 Å². The Kier molecular flexibility index (Phi) is 5.05. The predicted octanol–water partition coefficient (Wildman–Crippen LogP) is 3.10. The van der Waals surface area contributed by atoms with Crippen LogP contribution in [0.4, 0.5) is 5.95 Å². The summed E-state index contributed by atoms with van der Waals surface area (Å²) in [6.45, 7) is 2.04. The lowest BCUT2D eigenvalue weighted by atomic mass is 10.1. The highest BCUT2D eigenvalue weighted by atomic mass is 32.2. The number of nitrogens with zero attached hydrogens (tertiary/aromatic N) is 3. The van der Waals surface area contributed by atoms with Crippen molar-refractivity contribution in [3.8, 4) is 0 Å². The van der Waals surface area contributed by atoms with E-state index in [2.05, 4.69) is 19.6 Å². The number of fused-ring (bicyclic) bond motifs is 1. The van der Waals surface area contributed by atoms with Gasteiger partial charge < -0.3 is 4.90 Å². The smallest absolute Gasteiger partial charge is 0.240 e. The minimum absolute atomic E-state index is 0.137. The molecular formula is C20H22N4O2S. The van der Waals surface area contributed by atoms with Crippen LogP contribution in [0.25, 0.3) is 10.8 Å². The highest BCUT2D eigenvalue weighted by molar-refractivity contribution is 7.89. The van der Waals surface area contributed by atoms with Crippen molar-refractivity contribution >= 4 is 26.7 Å². The fourth-order valence-corrected chi connectivity index (χ4v) is 4.35. The molecule has 0 bridgehead atoms. The lowest BCUT2D eigenvalue weighted by Gasteiger charge is -2.26. The Balaban J connectivity index is 1.49. The Labute approximate surface area is 159 Å². The third-order valence-electron chi connectivity index (χ3n) is 4.81. The average Bonchev–Trinajstić information content (AvgIpc) is 2.73. The van der Waals surface area contributed by atoms with Crippen LogP contribution in [0, 0.1) is 0 Å². The van der Waals surface area contributed by atoms with Gasteiger partial charge in [0.25, 0.3) is 0 Å². The van der Waals surface area contributed by atoms with E-state index < -0.39 is 10.0 Å². The van der Waals surface area contributed by atoms with E-state index in [9.17, 15) is 8.42 Å². The van der Waals surface area contributed by atoms with Crippen LogP contribution in [0.15, 0.2) is 59.6 Å². The average molecular weight is 382 g/mol. The second-order valence-electron chi connectivity index (χ2n) is 6.73. The molecule has 0 aliphatic carbocycles. The summed E-state index contributed by atoms with van der Waals surface area (Å²) in [4.78, 5) is 11.3. The Bertz CT molecular complexity index is 1050. The predicted molar refractivity (Wildman–Crippen MR) is 106 cm³/mol. The molecule has 1 aromatic heterocycles. The fourth-order valence-electron chi connectivity index (χ4n) is 3.32. The molecule has 2 heterocycles. The standard InChI is InChI=1S/C20H22N4O2S/c25-27(26,19-9-8-16-6-2-3-7-17(16)14-19)22-15-18-10-11-21-20(23-18)24-12-4-1-5-13-24/h2-3,6-11,14,22H,1,4-5,12-13,15H2. The highest BCUT2D eigenvalue weighted by Crippen LogP contribution is 2.19. The van der Waals surface area contributed by atoms with Gasteiger partial charge in [0, 0.05) is 19.3 Å². The number of nitrogens with one attached hydrogen (secondary N) is 1. The number of hydrogen-bond donors (Lipinski definition) is 1. The van der Waals surface area contributed by atoms with Crippen LogP contribution >= 0.6 is 0 Å². The van der Waals surface area contributed by atoms with Crippen molar-refractivity contribution in [3.63, 3.8) is 0 Å². The Morgan fingerprint density at radius 1 is 0.963 bits per heavy atom. The van der Waals surface area contributed by atoms with Gasteiger partial charge in [-0.2, -0.15) is 0 Å². The minimum atomic E-state index is -3.61. The maximum absolute atomic E-state index is 12.7. The summed E-state index contributed by atoms with van der Waals surface area (Å²) in [5, 5.41) is 1.91. The van der Waals surface area contributed by atoms with Gasteiger partial charge in [-0.15, -0.1) is 0 Å². The molecule has 0 atom stereocenters. The lowest BCUT2D eigenvalue weighted by Crippen LogP contribution is -2.31. The van der Waals surface area contributed by atoms with Crippen molar-refractivity contribution in [2.75, 3.05) is 18.0 Å². The highest BCUT2D eigenvalue weighted by Gasteiger charge is 2.16. The molecule has 3 aromatic rings. The van der Waals surface area contributed by atoms with Crippen molar-refractivity contribution in [2.45, 2.75) is 30.7 Å². The van der Waals surface area contributed by atoms with Crippen molar-refractivity contribution in [1.29, 1.82) is 0 Å². The molecule has 0 unspecified atom stereocenters. The van der Waals surface area contributed by atoms with Crippen molar-refractivity contribution in [1.82, 2.24) is 14.7 Å². The summed E-state index contributed by atoms with van der Waals surface area (Å²) in [5.41, 5.74) is 0.662. The molecule has 0 amide bonds. The molecule has 0 saturated carbocycles. The van der Waals surface area contributed by atoms with Crippen molar-refractivity contribution < 1.29 is 8.42 Å². The summed E-state index contributed by atoms with van der Waals surface area (Å²) >= 11 is 0. The number of rotatable bonds is 5. The quantitative estimate of drug-likeness (QED) is 0.734. The molecular weight excluding hydrogens is 360 g/mol. The first kappa shape index (κ1) is 17.9. The maximum Gasteiger partial charge on any atom is 0.240 e. The number of hydrogen-bond acceptors (Lipinski definition) is 5. The molecule has 0 radical (unpaired) electrons. The first-order valence-corrected chi connectivity index (χ1v) is 10.7. The van der Waals surface area contributed by atoms with Gasteiger partial charge in [-0.05, 0) is 48.2 Å². The van der Waals surface area contributed by atoms with Crippen molar-refractivity contribution in [2.24, 2.45) is 0 Å². The Morgan fingerprint density at radius 2 is 1.74 bits per heavy atom. The van der Waals surface area contributed by atoms with E-state index in [0.29, 0.717) is 11.6 Å². The molecule has 140 valence electrons. The Morgan fingerprint density at radius 3 is 2.56 bits per heavy atom. The van der Waals surface area contributed by atoms with E-state index in [1.165, 1.54) is 6.42 Å². The molecule has 1 saturated heterocycles. The zero-order valence-electron chi connectivity index (χ0n) is 15.0. The van der Waals surface area contributed by atoms with Gasteiger partial charge in [-0.3, -0.25) is 0 Å². The van der Waals surface area contributed by atoms with Crippen molar-refractivity contribution in [3.05, 3.63) is 60.4 Å². The van der Waals surface area contributed by atoms with Crippen LogP contribution in [-0.2, 0) is 16.6 Å². The third kappa shape index (κ3) is 4.09. The van der Waals surface area contributed by atoms with Crippen LogP contribution in [-0.4, -0.2) is 31.5 Å². The van der Waals surface area contributed by atoms with E-state index in [4.69, 9.17) is 0 Å². The van der Waals surface area contributed by atoms with E-state index in [1.807, 2.05) is 30.3 Å². The fraction of sp³-hybridized carbons (Fsp3) is 0.300. The summed E-state index contributed by atoms with van der Waals surface area (Å²) in [6.07, 6.45) is 5.21. The largest absolute Gasteiger partial charge is 0.341 e. The van der Waals surface area contributed by atoms with E-state index in [1.54, 1.807) is 24.4 Å². The Hall–Kier alpha value is -2.51. The van der Waals surface area contributed by atoms with Gasteiger partial charge in [0.15, 0.2) is 0 Å². The van der Waals surface area contributed by atoms with E-state index >= 15 is 0 Å². The van der Waals surface area contributed by atoms with E-state index in [0.717, 1.165) is 36.7 Å². The monoisotopic (exact) mass is 382 g/mol. The van der Waals surface area contributed by atoms with Crippen LogP contribution < -0.4 is 9.62 Å². The summed E-state index contributed by atoms with van der Waals surface area (Å²) in [5.74, 6) is 0.678. The topological polar surface area (TPSA) is 75.2 Å². The molecule has 2 aromatic carbocycles. The van der Waals surface area contributed by atoms with Gasteiger partial charge in [0.1, 0.15) is 0 Å².